The van der Waals surface area contributed by atoms with Crippen molar-refractivity contribution in [2.45, 2.75) is 32.5 Å². The van der Waals surface area contributed by atoms with Gasteiger partial charge < -0.3 is 10.1 Å². The smallest absolute Gasteiger partial charge is 0.235 e. The lowest BCUT2D eigenvalue weighted by molar-refractivity contribution is -0.124. The molecule has 1 aromatic carbocycles. The Bertz CT molecular complexity index is 915. The first kappa shape index (κ1) is 14.9. The first-order chi connectivity index (χ1) is 11.6. The maximum Gasteiger partial charge on any atom is 0.235 e. The third kappa shape index (κ3) is 2.57. The molecule has 1 aliphatic rings. The number of benzene rings is 1. The second kappa shape index (κ2) is 5.76. The molecule has 5 nitrogen and oxygen atoms in total. The summed E-state index contributed by atoms with van der Waals surface area (Å²) >= 11 is 0. The Morgan fingerprint density at radius 3 is 2.75 bits per heavy atom. The number of hydrogen-bond donors (Lipinski definition) is 1. The van der Waals surface area contributed by atoms with Crippen LogP contribution in [-0.2, 0) is 24.3 Å². The molecule has 0 saturated heterocycles. The van der Waals surface area contributed by atoms with Crippen LogP contribution in [0.25, 0.3) is 5.65 Å². The van der Waals surface area contributed by atoms with Gasteiger partial charge in [-0.3, -0.25) is 9.69 Å². The highest BCUT2D eigenvalue weighted by atomic mass is 16.1. The molecule has 0 spiro atoms. The van der Waals surface area contributed by atoms with Crippen LogP contribution in [-0.4, -0.2) is 26.2 Å². The van der Waals surface area contributed by atoms with Gasteiger partial charge in [0.1, 0.15) is 5.65 Å². The quantitative estimate of drug-likeness (QED) is 0.803. The number of hydrogen-bond acceptors (Lipinski definition) is 3. The monoisotopic (exact) mass is 320 g/mol. The van der Waals surface area contributed by atoms with Crippen LogP contribution in [0.2, 0.25) is 0 Å². The molecule has 0 unspecified atom stereocenters. The van der Waals surface area contributed by atoms with Crippen molar-refractivity contribution in [1.82, 2.24) is 14.3 Å². The third-order valence-electron chi connectivity index (χ3n) is 4.79. The number of nitrogens with zero attached hydrogens (tertiary/aromatic N) is 3. The second-order valence-electron chi connectivity index (χ2n) is 6.42. The number of primary amides is 1. The number of pyridine rings is 1. The number of amides is 1. The van der Waals surface area contributed by atoms with Gasteiger partial charge in [-0.1, -0.05) is 30.3 Å². The van der Waals surface area contributed by atoms with Crippen LogP contribution in [0.5, 0.6) is 0 Å². The highest BCUT2D eigenvalue weighted by Crippen LogP contribution is 2.25. The highest BCUT2D eigenvalue weighted by molar-refractivity contribution is 5.80. The molecule has 0 fully saturated rings. The Hall–Kier alpha value is -2.66. The summed E-state index contributed by atoms with van der Waals surface area (Å²) in [5.41, 5.74) is 11.2. The zero-order valence-corrected chi connectivity index (χ0v) is 13.6. The molecule has 1 atom stereocenters. The largest absolute Gasteiger partial charge is 0.368 e. The van der Waals surface area contributed by atoms with E-state index < -0.39 is 0 Å². The van der Waals surface area contributed by atoms with Crippen molar-refractivity contribution in [3.05, 3.63) is 71.2 Å². The molecule has 0 aliphatic carbocycles. The molecule has 2 N–H and O–H groups in total. The third-order valence-corrected chi connectivity index (χ3v) is 4.79. The fraction of sp³-hybridized carbons (Fsp3) is 0.263. The van der Waals surface area contributed by atoms with E-state index in [0.717, 1.165) is 23.6 Å². The van der Waals surface area contributed by atoms with E-state index in [2.05, 4.69) is 39.4 Å². The van der Waals surface area contributed by atoms with Crippen LogP contribution in [0, 0.1) is 6.92 Å². The number of carbonyl (C=O) groups is 1. The minimum absolute atomic E-state index is 0.274. The van der Waals surface area contributed by atoms with E-state index in [1.165, 1.54) is 11.1 Å². The average Bonchev–Trinajstić information content (AvgIpc) is 2.98. The maximum atomic E-state index is 11.9. The van der Waals surface area contributed by atoms with Gasteiger partial charge in [-0.15, -0.1) is 0 Å². The zero-order chi connectivity index (χ0) is 16.7. The molecule has 0 saturated carbocycles. The molecule has 0 radical (unpaired) electrons. The van der Waals surface area contributed by atoms with Crippen molar-refractivity contribution in [3.8, 4) is 0 Å². The van der Waals surface area contributed by atoms with Gasteiger partial charge in [0.2, 0.25) is 5.91 Å². The van der Waals surface area contributed by atoms with E-state index in [1.54, 1.807) is 0 Å². The van der Waals surface area contributed by atoms with Crippen molar-refractivity contribution in [3.63, 3.8) is 0 Å². The van der Waals surface area contributed by atoms with Gasteiger partial charge in [0.05, 0.1) is 11.7 Å². The summed E-state index contributed by atoms with van der Waals surface area (Å²) in [4.78, 5) is 18.8. The van der Waals surface area contributed by atoms with E-state index in [4.69, 9.17) is 5.73 Å². The van der Waals surface area contributed by atoms with Gasteiger partial charge in [-0.05, 0) is 36.6 Å². The van der Waals surface area contributed by atoms with Crippen molar-refractivity contribution >= 4 is 11.6 Å². The molecule has 4 rings (SSSR count). The van der Waals surface area contributed by atoms with E-state index >= 15 is 0 Å². The Morgan fingerprint density at radius 2 is 2.00 bits per heavy atom. The molecule has 3 aromatic rings. The number of rotatable bonds is 3. The van der Waals surface area contributed by atoms with Crippen molar-refractivity contribution < 1.29 is 4.79 Å². The highest BCUT2D eigenvalue weighted by Gasteiger charge is 2.30. The Labute approximate surface area is 140 Å². The first-order valence-corrected chi connectivity index (χ1v) is 8.15. The molecule has 1 amide bonds. The van der Waals surface area contributed by atoms with Crippen LogP contribution in [0.4, 0.5) is 0 Å². The van der Waals surface area contributed by atoms with E-state index in [-0.39, 0.29) is 11.9 Å². The fourth-order valence-corrected chi connectivity index (χ4v) is 3.51. The fourth-order valence-electron chi connectivity index (χ4n) is 3.51. The van der Waals surface area contributed by atoms with Gasteiger partial charge in [-0.25, -0.2) is 4.98 Å². The first-order valence-electron chi connectivity index (χ1n) is 8.15. The second-order valence-corrected chi connectivity index (χ2v) is 6.42. The maximum absolute atomic E-state index is 11.9. The van der Waals surface area contributed by atoms with Gasteiger partial charge >= 0.3 is 0 Å². The lowest BCUT2D eigenvalue weighted by Crippen LogP contribution is -2.48. The summed E-state index contributed by atoms with van der Waals surface area (Å²) in [6.45, 7) is 3.39. The minimum atomic E-state index is -0.286. The number of fused-ring (bicyclic) bond motifs is 2. The van der Waals surface area contributed by atoms with E-state index in [0.29, 0.717) is 13.0 Å². The topological polar surface area (TPSA) is 63.6 Å². The number of aryl methyl sites for hydroxylation is 1. The summed E-state index contributed by atoms with van der Waals surface area (Å²) < 4.78 is 2.08. The molecule has 2 aromatic heterocycles. The number of imidazole rings is 1. The van der Waals surface area contributed by atoms with Crippen molar-refractivity contribution in [2.75, 3.05) is 0 Å². The Morgan fingerprint density at radius 1 is 1.21 bits per heavy atom. The number of nitrogens with two attached hydrogens (primary N) is 1. The predicted octanol–water partition coefficient (Wildman–Crippen LogP) is 2.05. The van der Waals surface area contributed by atoms with Crippen LogP contribution in [0.15, 0.2) is 48.7 Å². The molecule has 0 bridgehead atoms. The lowest BCUT2D eigenvalue weighted by Gasteiger charge is -2.34. The van der Waals surface area contributed by atoms with Gasteiger partial charge in [0, 0.05) is 25.0 Å². The van der Waals surface area contributed by atoms with Gasteiger partial charge in [0.15, 0.2) is 0 Å². The SMILES string of the molecule is Cc1cccc2nc(CN3Cc4ccccc4C[C@@H]3C(N)=O)cn12. The van der Waals surface area contributed by atoms with Crippen LogP contribution >= 0.6 is 0 Å². The number of carbonyl (C=O) groups excluding carboxylic acids is 1. The normalized spacial score (nSPS) is 17.8. The van der Waals surface area contributed by atoms with Crippen molar-refractivity contribution in [2.24, 2.45) is 5.73 Å². The molecule has 24 heavy (non-hydrogen) atoms. The van der Waals surface area contributed by atoms with E-state index in [1.807, 2.05) is 30.5 Å². The molecule has 1 aliphatic heterocycles. The van der Waals surface area contributed by atoms with Crippen LogP contribution in [0.3, 0.4) is 0 Å². The zero-order valence-electron chi connectivity index (χ0n) is 13.6. The van der Waals surface area contributed by atoms with Crippen LogP contribution < -0.4 is 5.73 Å². The van der Waals surface area contributed by atoms with Crippen molar-refractivity contribution in [1.29, 1.82) is 0 Å². The molecular formula is C19H20N4O. The van der Waals surface area contributed by atoms with E-state index in [9.17, 15) is 4.79 Å². The molecule has 3 heterocycles. The summed E-state index contributed by atoms with van der Waals surface area (Å²) in [7, 11) is 0. The molecule has 5 heteroatoms. The average molecular weight is 320 g/mol. The Balaban J connectivity index is 1.66. The number of aromatic nitrogens is 2. The summed E-state index contributed by atoms with van der Waals surface area (Å²) in [5.74, 6) is -0.274. The standard InChI is InChI=1S/C19H20N4O/c1-13-5-4-8-18-21-16(12-23(13)18)11-22-10-15-7-3-2-6-14(15)9-17(22)19(20)24/h2-8,12,17H,9-11H2,1H3,(H2,20,24)/t17-/m1/s1. The summed E-state index contributed by atoms with van der Waals surface area (Å²) in [6.07, 6.45) is 2.71. The van der Waals surface area contributed by atoms with Gasteiger partial charge in [-0.2, -0.15) is 0 Å². The summed E-state index contributed by atoms with van der Waals surface area (Å²) in [6, 6.07) is 14.0. The Kier molecular flexibility index (Phi) is 3.58. The molecule has 122 valence electrons. The van der Waals surface area contributed by atoms with Gasteiger partial charge in [0.25, 0.3) is 0 Å². The predicted molar refractivity (Wildman–Crippen MR) is 92.3 cm³/mol. The van der Waals surface area contributed by atoms with Crippen LogP contribution in [0.1, 0.15) is 22.5 Å². The minimum Gasteiger partial charge on any atom is -0.368 e. The summed E-state index contributed by atoms with van der Waals surface area (Å²) in [5, 5.41) is 0. The molecular weight excluding hydrogens is 300 g/mol. The lowest BCUT2D eigenvalue weighted by atomic mass is 9.93.